The Hall–Kier alpha value is -2.96. The first-order valence-corrected chi connectivity index (χ1v) is 9.58. The van der Waals surface area contributed by atoms with Gasteiger partial charge in [-0.3, -0.25) is 19.3 Å². The molecule has 148 valence electrons. The monoisotopic (exact) mass is 384 g/mol. The van der Waals surface area contributed by atoms with Crippen molar-refractivity contribution in [1.82, 2.24) is 4.90 Å². The fraction of sp³-hybridized carbons (Fsp3) is 0.429. The van der Waals surface area contributed by atoms with Gasteiger partial charge in [0.05, 0.1) is 24.0 Å². The zero-order valence-electron chi connectivity index (χ0n) is 15.8. The zero-order valence-corrected chi connectivity index (χ0v) is 15.8. The molecule has 1 heterocycles. The Kier molecular flexibility index (Phi) is 6.23. The molecule has 0 bridgehead atoms. The van der Waals surface area contributed by atoms with Crippen LogP contribution in [0, 0.1) is 11.8 Å². The Morgan fingerprint density at radius 3 is 2.25 bits per heavy atom. The number of carbonyl (C=O) groups excluding carboxylic acids is 4. The molecular formula is C21H24N2O5. The molecule has 2 aliphatic rings. The average molecular weight is 384 g/mol. The molecule has 7 nitrogen and oxygen atoms in total. The fourth-order valence-electron chi connectivity index (χ4n) is 3.45. The maximum atomic E-state index is 12.4. The Balaban J connectivity index is 1.54. The van der Waals surface area contributed by atoms with E-state index in [-0.39, 0.29) is 30.2 Å². The van der Waals surface area contributed by atoms with Gasteiger partial charge in [-0.15, -0.1) is 0 Å². The number of anilines is 1. The molecule has 2 atom stereocenters. The lowest BCUT2D eigenvalue weighted by Crippen LogP contribution is -2.38. The number of allylic oxidation sites excluding steroid dienone is 2. The quantitative estimate of drug-likeness (QED) is 0.337. The number of rotatable bonds is 7. The van der Waals surface area contributed by atoms with E-state index in [1.165, 1.54) is 0 Å². The van der Waals surface area contributed by atoms with E-state index in [0.717, 1.165) is 17.7 Å². The van der Waals surface area contributed by atoms with Crippen LogP contribution in [0.15, 0.2) is 36.4 Å². The topological polar surface area (TPSA) is 92.8 Å². The molecule has 0 radical (unpaired) electrons. The highest BCUT2D eigenvalue weighted by Crippen LogP contribution is 2.34. The minimum absolute atomic E-state index is 0.278. The summed E-state index contributed by atoms with van der Waals surface area (Å²) in [5.41, 5.74) is 0.879. The van der Waals surface area contributed by atoms with E-state index in [2.05, 4.69) is 5.32 Å². The highest BCUT2D eigenvalue weighted by atomic mass is 16.5. The predicted octanol–water partition coefficient (Wildman–Crippen LogP) is 2.53. The van der Waals surface area contributed by atoms with E-state index in [9.17, 15) is 19.2 Å². The molecule has 1 saturated heterocycles. The lowest BCUT2D eigenvalue weighted by Gasteiger charge is -2.14. The maximum Gasteiger partial charge on any atom is 0.338 e. The van der Waals surface area contributed by atoms with Crippen molar-refractivity contribution in [2.24, 2.45) is 11.8 Å². The molecule has 0 spiro atoms. The SMILES string of the molecule is CCCCOC(=O)c1ccc(NC(=O)CN2C(=O)[C@@H]3CC=CC[C@H]3C2=O)cc1. The Morgan fingerprint density at radius 2 is 1.68 bits per heavy atom. The number of benzene rings is 1. The minimum atomic E-state index is -0.452. The van der Waals surface area contributed by atoms with Crippen LogP contribution in [-0.2, 0) is 19.1 Å². The summed E-state index contributed by atoms with van der Waals surface area (Å²) in [6, 6.07) is 6.31. The summed E-state index contributed by atoms with van der Waals surface area (Å²) in [6.45, 7) is 2.09. The van der Waals surface area contributed by atoms with Crippen LogP contribution in [0.25, 0.3) is 0 Å². The number of hydrogen-bond donors (Lipinski definition) is 1. The van der Waals surface area contributed by atoms with Crippen molar-refractivity contribution in [3.05, 3.63) is 42.0 Å². The molecule has 1 aliphatic heterocycles. The van der Waals surface area contributed by atoms with Crippen molar-refractivity contribution in [1.29, 1.82) is 0 Å². The molecule has 1 aliphatic carbocycles. The number of ether oxygens (including phenoxy) is 1. The number of imide groups is 1. The molecule has 3 rings (SSSR count). The van der Waals surface area contributed by atoms with Gasteiger partial charge in [0.1, 0.15) is 6.54 Å². The number of amides is 3. The molecule has 1 N–H and O–H groups in total. The third-order valence-corrected chi connectivity index (χ3v) is 5.04. The summed E-state index contributed by atoms with van der Waals surface area (Å²) in [4.78, 5) is 50.0. The van der Waals surface area contributed by atoms with Crippen LogP contribution in [-0.4, -0.2) is 41.7 Å². The van der Waals surface area contributed by atoms with Crippen LogP contribution in [0.5, 0.6) is 0 Å². The molecular weight excluding hydrogens is 360 g/mol. The van der Waals surface area contributed by atoms with Crippen molar-refractivity contribution in [2.45, 2.75) is 32.6 Å². The van der Waals surface area contributed by atoms with Gasteiger partial charge in [-0.1, -0.05) is 25.5 Å². The number of carbonyl (C=O) groups is 4. The number of nitrogens with one attached hydrogen (secondary N) is 1. The van der Waals surface area contributed by atoms with Crippen molar-refractivity contribution >= 4 is 29.4 Å². The van der Waals surface area contributed by atoms with E-state index in [0.29, 0.717) is 30.7 Å². The largest absolute Gasteiger partial charge is 0.462 e. The van der Waals surface area contributed by atoms with Crippen LogP contribution in [0.4, 0.5) is 5.69 Å². The highest BCUT2D eigenvalue weighted by molar-refractivity contribution is 6.08. The third kappa shape index (κ3) is 4.30. The van der Waals surface area contributed by atoms with Gasteiger partial charge in [0.15, 0.2) is 0 Å². The van der Waals surface area contributed by atoms with Crippen LogP contribution in [0.3, 0.4) is 0 Å². The lowest BCUT2D eigenvalue weighted by atomic mass is 9.85. The number of unbranched alkanes of at least 4 members (excludes halogenated alkanes) is 1. The summed E-state index contributed by atoms with van der Waals surface area (Å²) in [7, 11) is 0. The summed E-state index contributed by atoms with van der Waals surface area (Å²) in [5, 5.41) is 2.66. The van der Waals surface area contributed by atoms with E-state index < -0.39 is 11.9 Å². The minimum Gasteiger partial charge on any atom is -0.462 e. The fourth-order valence-corrected chi connectivity index (χ4v) is 3.45. The number of nitrogens with zero attached hydrogens (tertiary/aromatic N) is 1. The number of esters is 1. The molecule has 7 heteroatoms. The number of likely N-dealkylation sites (tertiary alicyclic amines) is 1. The van der Waals surface area contributed by atoms with Crippen molar-refractivity contribution < 1.29 is 23.9 Å². The first-order valence-electron chi connectivity index (χ1n) is 9.58. The van der Waals surface area contributed by atoms with Gasteiger partial charge < -0.3 is 10.1 Å². The Labute approximate surface area is 163 Å². The number of hydrogen-bond acceptors (Lipinski definition) is 5. The van der Waals surface area contributed by atoms with Crippen molar-refractivity contribution in [2.75, 3.05) is 18.5 Å². The lowest BCUT2D eigenvalue weighted by molar-refractivity contribution is -0.142. The summed E-state index contributed by atoms with van der Waals surface area (Å²) in [5.74, 6) is -2.10. The number of fused-ring (bicyclic) bond motifs is 1. The van der Waals surface area contributed by atoms with Crippen LogP contribution in [0.2, 0.25) is 0 Å². The van der Waals surface area contributed by atoms with Gasteiger partial charge in [0, 0.05) is 5.69 Å². The predicted molar refractivity (Wildman–Crippen MR) is 102 cm³/mol. The van der Waals surface area contributed by atoms with Crippen LogP contribution >= 0.6 is 0 Å². The summed E-state index contributed by atoms with van der Waals surface area (Å²) < 4.78 is 5.14. The Morgan fingerprint density at radius 1 is 1.07 bits per heavy atom. The normalized spacial score (nSPS) is 20.8. The van der Waals surface area contributed by atoms with E-state index in [1.807, 2.05) is 19.1 Å². The standard InChI is InChI=1S/C21H24N2O5/c1-2-3-12-28-21(27)14-8-10-15(11-9-14)22-18(24)13-23-19(25)16-6-4-5-7-17(16)20(23)26/h4-5,8-11,16-17H,2-3,6-7,12-13H2,1H3,(H,22,24)/t16-,17-/m1/s1. The second-order valence-corrected chi connectivity index (χ2v) is 7.03. The van der Waals surface area contributed by atoms with E-state index in [1.54, 1.807) is 24.3 Å². The van der Waals surface area contributed by atoms with Gasteiger partial charge in [-0.2, -0.15) is 0 Å². The molecule has 3 amide bonds. The molecule has 0 unspecified atom stereocenters. The second kappa shape index (κ2) is 8.82. The van der Waals surface area contributed by atoms with Crippen molar-refractivity contribution in [3.63, 3.8) is 0 Å². The highest BCUT2D eigenvalue weighted by Gasteiger charge is 2.47. The summed E-state index contributed by atoms with van der Waals surface area (Å²) >= 11 is 0. The molecule has 1 aromatic rings. The first kappa shape index (κ1) is 19.8. The van der Waals surface area contributed by atoms with Crippen molar-refractivity contribution in [3.8, 4) is 0 Å². The molecule has 28 heavy (non-hydrogen) atoms. The van der Waals surface area contributed by atoms with E-state index in [4.69, 9.17) is 4.74 Å². The zero-order chi connectivity index (χ0) is 20.1. The molecule has 1 fully saturated rings. The van der Waals surface area contributed by atoms with Gasteiger partial charge in [0.25, 0.3) is 0 Å². The van der Waals surface area contributed by atoms with Crippen LogP contribution in [0.1, 0.15) is 43.0 Å². The molecule has 0 saturated carbocycles. The summed E-state index contributed by atoms with van der Waals surface area (Å²) in [6.07, 6.45) is 6.66. The van der Waals surface area contributed by atoms with Crippen LogP contribution < -0.4 is 5.32 Å². The van der Waals surface area contributed by atoms with Gasteiger partial charge in [-0.05, 0) is 43.5 Å². The second-order valence-electron chi connectivity index (χ2n) is 7.03. The van der Waals surface area contributed by atoms with E-state index >= 15 is 0 Å². The Bertz CT molecular complexity index is 774. The molecule has 1 aromatic carbocycles. The van der Waals surface area contributed by atoms with Gasteiger partial charge >= 0.3 is 5.97 Å². The smallest absolute Gasteiger partial charge is 0.338 e. The molecule has 0 aromatic heterocycles. The first-order chi connectivity index (χ1) is 13.5. The van der Waals surface area contributed by atoms with Gasteiger partial charge in [0.2, 0.25) is 17.7 Å². The van der Waals surface area contributed by atoms with Gasteiger partial charge in [-0.25, -0.2) is 4.79 Å². The average Bonchev–Trinajstić information content (AvgIpc) is 2.94. The maximum absolute atomic E-state index is 12.4. The third-order valence-electron chi connectivity index (χ3n) is 5.04.